The Morgan fingerprint density at radius 2 is 1.96 bits per heavy atom. The molecule has 0 aromatic rings. The van der Waals surface area contributed by atoms with Crippen molar-refractivity contribution in [3.05, 3.63) is 11.6 Å². The summed E-state index contributed by atoms with van der Waals surface area (Å²) in [6.07, 6.45) is 6.52. The number of esters is 1. The zero-order valence-electron chi connectivity index (χ0n) is 16.4. The molecule has 146 valence electrons. The number of epoxide rings is 2. The van der Waals surface area contributed by atoms with Crippen LogP contribution >= 0.6 is 0 Å². The maximum Gasteiger partial charge on any atom is 0.336 e. The molecular formula is C21H32O5. The molecule has 2 aliphatic heterocycles. The minimum Gasteiger partial charge on any atom is -0.466 e. The van der Waals surface area contributed by atoms with Crippen LogP contribution < -0.4 is 0 Å². The zero-order valence-corrected chi connectivity index (χ0v) is 16.4. The highest BCUT2D eigenvalue weighted by Gasteiger charge is 2.66. The molecule has 2 saturated carbocycles. The van der Waals surface area contributed by atoms with Gasteiger partial charge in [-0.1, -0.05) is 26.8 Å². The Hall–Kier alpha value is -0.910. The number of aliphatic hydroxyl groups excluding tert-OH is 1. The number of carbonyl (C=O) groups excluding carboxylic acids is 1. The summed E-state index contributed by atoms with van der Waals surface area (Å²) in [4.78, 5) is 12.1. The van der Waals surface area contributed by atoms with Gasteiger partial charge < -0.3 is 19.3 Å². The van der Waals surface area contributed by atoms with Gasteiger partial charge in [-0.15, -0.1) is 0 Å². The van der Waals surface area contributed by atoms with Crippen LogP contribution in [-0.2, 0) is 19.0 Å². The molecule has 4 aliphatic rings. The first-order valence-corrected chi connectivity index (χ1v) is 9.96. The van der Waals surface area contributed by atoms with Crippen LogP contribution in [0.4, 0.5) is 0 Å². The van der Waals surface area contributed by atoms with Crippen LogP contribution in [0.1, 0.15) is 52.9 Å². The summed E-state index contributed by atoms with van der Waals surface area (Å²) >= 11 is 0. The molecule has 2 saturated heterocycles. The third-order valence-electron chi connectivity index (χ3n) is 7.99. The minimum atomic E-state index is -0.282. The smallest absolute Gasteiger partial charge is 0.336 e. The van der Waals surface area contributed by atoms with Crippen LogP contribution in [-0.4, -0.2) is 49.2 Å². The second kappa shape index (κ2) is 6.05. The molecule has 1 N–H and O–H groups in total. The summed E-state index contributed by atoms with van der Waals surface area (Å²) in [5.74, 6) is 0.542. The largest absolute Gasteiger partial charge is 0.466 e. The van der Waals surface area contributed by atoms with Crippen LogP contribution in [0.25, 0.3) is 0 Å². The van der Waals surface area contributed by atoms with E-state index in [-0.39, 0.29) is 34.6 Å². The van der Waals surface area contributed by atoms with Gasteiger partial charge in [0.05, 0.1) is 37.6 Å². The van der Waals surface area contributed by atoms with Crippen molar-refractivity contribution < 1.29 is 24.1 Å². The first kappa shape index (κ1) is 18.5. The fourth-order valence-corrected chi connectivity index (χ4v) is 6.22. The lowest BCUT2D eigenvalue weighted by atomic mass is 9.45. The molecule has 1 spiro atoms. The van der Waals surface area contributed by atoms with E-state index >= 15 is 0 Å². The second-order valence-corrected chi connectivity index (χ2v) is 9.59. The number of carbonyl (C=O) groups is 1. The third kappa shape index (κ3) is 2.74. The standard InChI is InChI=1S/C21H32O5/c1-19(2)15-7-10-21(12-26-21)16(20(15,3)9-8-17(19)22)6-5-13(14-11-25-14)18(23)24-4/h5,14-17,22H,6-12H2,1-4H3/b13-5+/t14-,15-,16-,17+,20+,21+/m1/s1. The molecule has 0 aromatic carbocycles. The predicted octanol–water partition coefficient (Wildman–Crippen LogP) is 2.86. The highest BCUT2D eigenvalue weighted by atomic mass is 16.6. The molecular weight excluding hydrogens is 332 g/mol. The normalized spacial score (nSPS) is 46.6. The fraction of sp³-hybridized carbons (Fsp3) is 0.857. The van der Waals surface area contributed by atoms with Crippen LogP contribution in [0.5, 0.6) is 0 Å². The van der Waals surface area contributed by atoms with Gasteiger partial charge in [0.25, 0.3) is 0 Å². The number of hydrogen-bond donors (Lipinski definition) is 1. The highest BCUT2D eigenvalue weighted by molar-refractivity contribution is 5.90. The van der Waals surface area contributed by atoms with Crippen molar-refractivity contribution in [2.45, 2.75) is 70.7 Å². The van der Waals surface area contributed by atoms with E-state index in [0.29, 0.717) is 24.0 Å². The Bertz CT molecular complexity index is 616. The lowest BCUT2D eigenvalue weighted by Gasteiger charge is -2.60. The maximum atomic E-state index is 12.1. The van der Waals surface area contributed by atoms with Crippen molar-refractivity contribution in [3.63, 3.8) is 0 Å². The number of allylic oxidation sites excluding steroid dienone is 1. The van der Waals surface area contributed by atoms with Gasteiger partial charge in [-0.25, -0.2) is 4.79 Å². The molecule has 2 heterocycles. The lowest BCUT2D eigenvalue weighted by Crippen LogP contribution is -2.58. The summed E-state index contributed by atoms with van der Waals surface area (Å²) in [7, 11) is 1.42. The number of ether oxygens (including phenoxy) is 3. The molecule has 5 heteroatoms. The van der Waals surface area contributed by atoms with Crippen molar-refractivity contribution in [2.24, 2.45) is 22.7 Å². The average molecular weight is 364 g/mol. The van der Waals surface area contributed by atoms with Gasteiger partial charge in [-0.3, -0.25) is 0 Å². The summed E-state index contributed by atoms with van der Waals surface area (Å²) in [6, 6.07) is 0. The van der Waals surface area contributed by atoms with Crippen molar-refractivity contribution in [2.75, 3.05) is 20.3 Å². The summed E-state index contributed by atoms with van der Waals surface area (Å²) < 4.78 is 16.3. The molecule has 0 aromatic heterocycles. The molecule has 0 unspecified atom stereocenters. The molecule has 4 rings (SSSR count). The predicted molar refractivity (Wildman–Crippen MR) is 96.5 cm³/mol. The van der Waals surface area contributed by atoms with E-state index in [4.69, 9.17) is 14.2 Å². The topological polar surface area (TPSA) is 71.6 Å². The summed E-state index contributed by atoms with van der Waals surface area (Å²) in [5.41, 5.74) is 0.644. The molecule has 26 heavy (non-hydrogen) atoms. The first-order chi connectivity index (χ1) is 12.2. The van der Waals surface area contributed by atoms with E-state index in [2.05, 4.69) is 20.8 Å². The van der Waals surface area contributed by atoms with Gasteiger partial charge in [0.1, 0.15) is 6.10 Å². The maximum absolute atomic E-state index is 12.1. The molecule has 2 aliphatic carbocycles. The van der Waals surface area contributed by atoms with E-state index in [9.17, 15) is 9.90 Å². The van der Waals surface area contributed by atoms with Crippen LogP contribution in [0.15, 0.2) is 11.6 Å². The van der Waals surface area contributed by atoms with Gasteiger partial charge >= 0.3 is 5.97 Å². The SMILES string of the molecule is COC(=O)/C(=C/C[C@H]1[C@]2(CC[C@@H]3C(C)(C)[C@@H](O)CC[C@@]31C)CO2)[C@H]1CO1. The Labute approximate surface area is 156 Å². The Balaban J connectivity index is 1.63. The second-order valence-electron chi connectivity index (χ2n) is 9.59. The van der Waals surface area contributed by atoms with Crippen LogP contribution in [0.2, 0.25) is 0 Å². The minimum absolute atomic E-state index is 0.0360. The fourth-order valence-electron chi connectivity index (χ4n) is 6.22. The van der Waals surface area contributed by atoms with Crippen LogP contribution in [0.3, 0.4) is 0 Å². The third-order valence-corrected chi connectivity index (χ3v) is 7.99. The lowest BCUT2D eigenvalue weighted by molar-refractivity contribution is -0.153. The number of methoxy groups -OCH3 is 1. The van der Waals surface area contributed by atoms with Gasteiger partial charge in [0, 0.05) is 0 Å². The number of rotatable bonds is 4. The van der Waals surface area contributed by atoms with E-state index in [0.717, 1.165) is 38.7 Å². The van der Waals surface area contributed by atoms with Crippen molar-refractivity contribution in [1.29, 1.82) is 0 Å². The van der Waals surface area contributed by atoms with Crippen LogP contribution in [0, 0.1) is 22.7 Å². The zero-order chi connectivity index (χ0) is 18.7. The van der Waals surface area contributed by atoms with Gasteiger partial charge in [0.2, 0.25) is 0 Å². The molecule has 6 atom stereocenters. The highest BCUT2D eigenvalue weighted by Crippen LogP contribution is 2.66. The number of fused-ring (bicyclic) bond motifs is 1. The number of aliphatic hydroxyl groups is 1. The van der Waals surface area contributed by atoms with Crippen molar-refractivity contribution in [1.82, 2.24) is 0 Å². The van der Waals surface area contributed by atoms with E-state index in [1.54, 1.807) is 0 Å². The first-order valence-electron chi connectivity index (χ1n) is 9.96. The Morgan fingerprint density at radius 1 is 1.27 bits per heavy atom. The monoisotopic (exact) mass is 364 g/mol. The Kier molecular flexibility index (Phi) is 4.29. The molecule has 5 nitrogen and oxygen atoms in total. The average Bonchev–Trinajstić information content (AvgIpc) is 3.50. The van der Waals surface area contributed by atoms with Crippen molar-refractivity contribution >= 4 is 5.97 Å². The summed E-state index contributed by atoms with van der Waals surface area (Å²) in [5, 5.41) is 10.6. The van der Waals surface area contributed by atoms with E-state index in [1.807, 2.05) is 6.08 Å². The molecule has 4 fully saturated rings. The van der Waals surface area contributed by atoms with E-state index in [1.165, 1.54) is 7.11 Å². The molecule has 0 radical (unpaired) electrons. The molecule has 0 bridgehead atoms. The van der Waals surface area contributed by atoms with Crippen molar-refractivity contribution in [3.8, 4) is 0 Å². The van der Waals surface area contributed by atoms with Gasteiger partial charge in [0.15, 0.2) is 0 Å². The number of hydrogen-bond acceptors (Lipinski definition) is 5. The summed E-state index contributed by atoms with van der Waals surface area (Å²) in [6.45, 7) is 8.25. The van der Waals surface area contributed by atoms with E-state index < -0.39 is 0 Å². The van der Waals surface area contributed by atoms with Gasteiger partial charge in [-0.2, -0.15) is 0 Å². The quantitative estimate of drug-likeness (QED) is 0.472. The molecule has 0 amide bonds. The van der Waals surface area contributed by atoms with Gasteiger partial charge in [-0.05, 0) is 54.8 Å². The Morgan fingerprint density at radius 3 is 2.54 bits per heavy atom.